The second-order valence-corrected chi connectivity index (χ2v) is 6.94. The topological polar surface area (TPSA) is 156 Å². The van der Waals surface area contributed by atoms with Gasteiger partial charge in [0.15, 0.2) is 10.8 Å². The van der Waals surface area contributed by atoms with Gasteiger partial charge in [-0.3, -0.25) is 14.9 Å². The van der Waals surface area contributed by atoms with E-state index in [9.17, 15) is 19.2 Å². The van der Waals surface area contributed by atoms with Gasteiger partial charge in [-0.15, -0.1) is 0 Å². The third kappa shape index (κ3) is 5.03. The average molecular weight is 431 g/mol. The van der Waals surface area contributed by atoms with Crippen LogP contribution in [0.1, 0.15) is 21.8 Å². The summed E-state index contributed by atoms with van der Waals surface area (Å²) in [5.74, 6) is -0.914. The van der Waals surface area contributed by atoms with Crippen LogP contribution in [0.4, 0.5) is 4.79 Å². The summed E-state index contributed by atoms with van der Waals surface area (Å²) in [5.41, 5.74) is -0.00978. The molecular weight excluding hydrogens is 414 g/mol. The van der Waals surface area contributed by atoms with Crippen LogP contribution in [0.5, 0.6) is 0 Å². The first-order valence-electron chi connectivity index (χ1n) is 8.60. The lowest BCUT2D eigenvalue weighted by Gasteiger charge is -2.07. The van der Waals surface area contributed by atoms with Crippen molar-refractivity contribution in [3.63, 3.8) is 0 Å². The van der Waals surface area contributed by atoms with Crippen LogP contribution in [-0.4, -0.2) is 45.7 Å². The van der Waals surface area contributed by atoms with Crippen molar-refractivity contribution in [2.24, 2.45) is 0 Å². The van der Waals surface area contributed by atoms with E-state index in [2.05, 4.69) is 25.6 Å². The lowest BCUT2D eigenvalue weighted by atomic mass is 10.1. The number of urea groups is 1. The zero-order valence-electron chi connectivity index (χ0n) is 16.0. The second kappa shape index (κ2) is 9.22. The molecule has 0 bridgehead atoms. The third-order valence-corrected chi connectivity index (χ3v) is 4.66. The maximum absolute atomic E-state index is 12.4. The number of pyridine rings is 1. The van der Waals surface area contributed by atoms with Crippen LogP contribution in [0.25, 0.3) is 11.0 Å². The number of nitrogens with zero attached hydrogens (tertiary/aromatic N) is 2. The number of nitrogens with one attached hydrogen (secondary N) is 3. The molecule has 0 saturated carbocycles. The number of carbonyl (C=O) groups excluding carboxylic acids is 3. The highest BCUT2D eigenvalue weighted by atomic mass is 32.2. The van der Waals surface area contributed by atoms with Gasteiger partial charge in [0.2, 0.25) is 5.91 Å². The number of amides is 3. The number of ether oxygens (including phenoxy) is 1. The molecule has 3 rings (SSSR count). The first-order chi connectivity index (χ1) is 14.4. The molecule has 3 aromatic rings. The first-order valence-corrected chi connectivity index (χ1v) is 9.58. The predicted molar refractivity (Wildman–Crippen MR) is 106 cm³/mol. The molecule has 0 aliphatic carbocycles. The van der Waals surface area contributed by atoms with Crippen molar-refractivity contribution in [3.8, 4) is 0 Å². The SMILES string of the molecule is COC(=O)c1cc(C)nc2nc(SCC(=O)NC(=O)NCc3ccco3)[nH]c(=O)c12. The van der Waals surface area contributed by atoms with Gasteiger partial charge in [0, 0.05) is 5.69 Å². The summed E-state index contributed by atoms with van der Waals surface area (Å²) < 4.78 is 9.77. The van der Waals surface area contributed by atoms with Crippen LogP contribution in [-0.2, 0) is 16.1 Å². The Hall–Kier alpha value is -3.67. The highest BCUT2D eigenvalue weighted by Gasteiger charge is 2.18. The molecule has 3 aromatic heterocycles. The number of rotatable bonds is 6. The Labute approximate surface area is 173 Å². The summed E-state index contributed by atoms with van der Waals surface area (Å²) in [6.45, 7) is 1.78. The Balaban J connectivity index is 1.66. The summed E-state index contributed by atoms with van der Waals surface area (Å²) in [4.78, 5) is 58.9. The first kappa shape index (κ1) is 21.0. The van der Waals surface area contributed by atoms with Gasteiger partial charge in [-0.05, 0) is 25.1 Å². The van der Waals surface area contributed by atoms with Crippen molar-refractivity contribution in [3.05, 3.63) is 51.8 Å². The number of methoxy groups -OCH3 is 1. The van der Waals surface area contributed by atoms with Gasteiger partial charge in [-0.2, -0.15) is 0 Å². The molecule has 0 aromatic carbocycles. The van der Waals surface area contributed by atoms with Gasteiger partial charge in [0.25, 0.3) is 5.56 Å². The minimum Gasteiger partial charge on any atom is -0.467 e. The molecule has 0 fully saturated rings. The molecule has 0 spiro atoms. The number of imide groups is 1. The zero-order valence-corrected chi connectivity index (χ0v) is 16.8. The van der Waals surface area contributed by atoms with E-state index in [0.717, 1.165) is 11.8 Å². The lowest BCUT2D eigenvalue weighted by molar-refractivity contribution is -0.117. The van der Waals surface area contributed by atoms with E-state index in [4.69, 9.17) is 9.15 Å². The second-order valence-electron chi connectivity index (χ2n) is 5.97. The number of H-pyrrole nitrogens is 1. The van der Waals surface area contributed by atoms with Crippen molar-refractivity contribution < 1.29 is 23.5 Å². The van der Waals surface area contributed by atoms with Crippen molar-refractivity contribution in [2.75, 3.05) is 12.9 Å². The largest absolute Gasteiger partial charge is 0.467 e. The Bertz CT molecular complexity index is 1160. The average Bonchev–Trinajstić information content (AvgIpc) is 3.23. The van der Waals surface area contributed by atoms with Crippen molar-refractivity contribution >= 4 is 40.7 Å². The van der Waals surface area contributed by atoms with E-state index in [1.807, 2.05) is 0 Å². The number of fused-ring (bicyclic) bond motifs is 1. The van der Waals surface area contributed by atoms with E-state index < -0.39 is 23.5 Å². The quantitative estimate of drug-likeness (QED) is 0.296. The molecule has 0 aliphatic rings. The van der Waals surface area contributed by atoms with Gasteiger partial charge in [-0.25, -0.2) is 19.6 Å². The number of hydrogen-bond donors (Lipinski definition) is 3. The standard InChI is InChI=1S/C18H17N5O6S/c1-9-6-11(16(26)28-2)13-14(20-9)22-18(23-15(13)25)30-8-12(24)21-17(27)19-7-10-4-3-5-29-10/h3-6H,7-8H2,1-2H3,(H2,19,21,24,27)(H,20,22,23,25). The van der Waals surface area contributed by atoms with E-state index in [1.165, 1.54) is 19.4 Å². The Kier molecular flexibility index (Phi) is 6.47. The number of esters is 1. The molecule has 11 nitrogen and oxygen atoms in total. The molecule has 30 heavy (non-hydrogen) atoms. The summed E-state index contributed by atoms with van der Waals surface area (Å²) in [6, 6.07) is 4.11. The van der Waals surface area contributed by atoms with Gasteiger partial charge in [0.05, 0.1) is 36.6 Å². The molecule has 156 valence electrons. The molecule has 3 heterocycles. The zero-order chi connectivity index (χ0) is 21.7. The monoisotopic (exact) mass is 431 g/mol. The van der Waals surface area contributed by atoms with Crippen LogP contribution in [0.2, 0.25) is 0 Å². The van der Waals surface area contributed by atoms with E-state index in [0.29, 0.717) is 11.5 Å². The lowest BCUT2D eigenvalue weighted by Crippen LogP contribution is -2.39. The number of hydrogen-bond acceptors (Lipinski definition) is 9. The molecule has 3 N–H and O–H groups in total. The van der Waals surface area contributed by atoms with Crippen LogP contribution in [0, 0.1) is 6.92 Å². The van der Waals surface area contributed by atoms with Crippen LogP contribution in [0.15, 0.2) is 38.8 Å². The molecule has 0 atom stereocenters. The van der Waals surface area contributed by atoms with Gasteiger partial charge in [-0.1, -0.05) is 11.8 Å². The number of aryl methyl sites for hydroxylation is 1. The smallest absolute Gasteiger partial charge is 0.338 e. The highest BCUT2D eigenvalue weighted by molar-refractivity contribution is 7.99. The van der Waals surface area contributed by atoms with Crippen LogP contribution in [0.3, 0.4) is 0 Å². The molecule has 0 unspecified atom stereocenters. The molecule has 3 amide bonds. The minimum atomic E-state index is -0.683. The predicted octanol–water partition coefficient (Wildman–Crippen LogP) is 1.12. The van der Waals surface area contributed by atoms with Gasteiger partial charge < -0.3 is 19.5 Å². The number of aromatic amines is 1. The molecule has 12 heteroatoms. The summed E-state index contributed by atoms with van der Waals surface area (Å²) in [5, 5.41) is 4.75. The summed E-state index contributed by atoms with van der Waals surface area (Å²) >= 11 is 0.908. The molecule has 0 saturated heterocycles. The normalized spacial score (nSPS) is 10.6. The van der Waals surface area contributed by atoms with Crippen molar-refractivity contribution in [1.29, 1.82) is 0 Å². The molecule has 0 radical (unpaired) electrons. The number of aromatic nitrogens is 3. The third-order valence-electron chi connectivity index (χ3n) is 3.78. The van der Waals surface area contributed by atoms with E-state index in [1.54, 1.807) is 19.1 Å². The van der Waals surface area contributed by atoms with Gasteiger partial charge in [0.1, 0.15) is 5.76 Å². The number of carbonyl (C=O) groups is 3. The van der Waals surface area contributed by atoms with Crippen LogP contribution >= 0.6 is 11.8 Å². The Morgan fingerprint density at radius 2 is 2.10 bits per heavy atom. The molecule has 0 aliphatic heterocycles. The van der Waals surface area contributed by atoms with Crippen LogP contribution < -0.4 is 16.2 Å². The maximum Gasteiger partial charge on any atom is 0.338 e. The van der Waals surface area contributed by atoms with Crippen molar-refractivity contribution in [2.45, 2.75) is 18.6 Å². The maximum atomic E-state index is 12.4. The fourth-order valence-corrected chi connectivity index (χ4v) is 3.16. The Morgan fingerprint density at radius 1 is 1.30 bits per heavy atom. The summed E-state index contributed by atoms with van der Waals surface area (Å²) in [6.07, 6.45) is 1.47. The van der Waals surface area contributed by atoms with E-state index >= 15 is 0 Å². The molecular formula is C18H17N5O6S. The minimum absolute atomic E-state index is 0.00134. The fourth-order valence-electron chi connectivity index (χ4n) is 2.51. The van der Waals surface area contributed by atoms with E-state index in [-0.39, 0.29) is 34.1 Å². The fraction of sp³-hybridized carbons (Fsp3) is 0.222. The summed E-state index contributed by atoms with van der Waals surface area (Å²) in [7, 11) is 1.21. The highest BCUT2D eigenvalue weighted by Crippen LogP contribution is 2.18. The number of furan rings is 1. The number of thioether (sulfide) groups is 1. The Morgan fingerprint density at radius 3 is 2.80 bits per heavy atom. The van der Waals surface area contributed by atoms with Gasteiger partial charge >= 0.3 is 12.0 Å². The van der Waals surface area contributed by atoms with Crippen molar-refractivity contribution in [1.82, 2.24) is 25.6 Å².